The van der Waals surface area contributed by atoms with Crippen LogP contribution in [-0.2, 0) is 11.3 Å². The summed E-state index contributed by atoms with van der Waals surface area (Å²) < 4.78 is 5.10. The number of rotatable bonds is 6. The summed E-state index contributed by atoms with van der Waals surface area (Å²) in [4.78, 5) is 18.7. The van der Waals surface area contributed by atoms with Crippen LogP contribution in [0.3, 0.4) is 0 Å². The summed E-state index contributed by atoms with van der Waals surface area (Å²) in [5, 5.41) is 0.563. The van der Waals surface area contributed by atoms with E-state index in [0.29, 0.717) is 30.3 Å². The fraction of sp³-hybridized carbons (Fsp3) is 0.294. The van der Waals surface area contributed by atoms with E-state index in [1.165, 1.54) is 0 Å². The molecule has 2 aromatic rings. The number of aryl methyl sites for hydroxylation is 1. The molecule has 1 heterocycles. The molecule has 116 valence electrons. The first kappa shape index (κ1) is 16.5. The molecule has 0 saturated carbocycles. The number of aromatic nitrogens is 1. The van der Waals surface area contributed by atoms with Gasteiger partial charge in [-0.05, 0) is 42.8 Å². The summed E-state index contributed by atoms with van der Waals surface area (Å²) in [6.07, 6.45) is 1.72. The molecular formula is C17H19ClN2O2. The molecule has 5 heteroatoms. The van der Waals surface area contributed by atoms with Crippen LogP contribution in [0.2, 0.25) is 5.02 Å². The molecule has 4 nitrogen and oxygen atoms in total. The number of carbonyl (C=O) groups is 1. The Bertz CT molecular complexity index is 612. The molecule has 0 atom stereocenters. The first-order chi connectivity index (χ1) is 10.6. The summed E-state index contributed by atoms with van der Waals surface area (Å²) in [5.41, 5.74) is 2.38. The van der Waals surface area contributed by atoms with Gasteiger partial charge < -0.3 is 9.64 Å². The zero-order chi connectivity index (χ0) is 15.9. The molecule has 0 spiro atoms. The molecule has 0 aliphatic rings. The van der Waals surface area contributed by atoms with Gasteiger partial charge in [0.2, 0.25) is 0 Å². The van der Waals surface area contributed by atoms with Crippen LogP contribution < -0.4 is 0 Å². The maximum atomic E-state index is 12.7. The molecule has 0 aliphatic carbocycles. The van der Waals surface area contributed by atoms with Crippen molar-refractivity contribution in [1.29, 1.82) is 0 Å². The molecule has 2 rings (SSSR count). The Kier molecular flexibility index (Phi) is 5.92. The second-order valence-corrected chi connectivity index (χ2v) is 5.49. The monoisotopic (exact) mass is 318 g/mol. The summed E-state index contributed by atoms with van der Waals surface area (Å²) in [6.45, 7) is 3.32. The average Bonchev–Trinajstić information content (AvgIpc) is 2.50. The Labute approximate surface area is 135 Å². The predicted molar refractivity (Wildman–Crippen MR) is 87.0 cm³/mol. The van der Waals surface area contributed by atoms with Gasteiger partial charge in [0.1, 0.15) is 0 Å². The standard InChI is InChI=1S/C17H19ClN2O2/c1-13-9-14(11-15(18)10-13)17(21)20(7-8-22-2)12-16-5-3-4-6-19-16/h3-6,9-11H,7-8,12H2,1-2H3. The molecule has 0 unspecified atom stereocenters. The molecule has 1 aromatic heterocycles. The third-order valence-electron chi connectivity index (χ3n) is 3.22. The SMILES string of the molecule is COCCN(Cc1ccccn1)C(=O)c1cc(C)cc(Cl)c1. The predicted octanol–water partition coefficient (Wildman–Crippen LogP) is 3.33. The van der Waals surface area contributed by atoms with Crippen LogP contribution in [0.4, 0.5) is 0 Å². The minimum absolute atomic E-state index is 0.0756. The summed E-state index contributed by atoms with van der Waals surface area (Å²) in [7, 11) is 1.62. The molecule has 1 aromatic carbocycles. The molecule has 0 N–H and O–H groups in total. The van der Waals surface area contributed by atoms with Crippen LogP contribution in [0.1, 0.15) is 21.6 Å². The number of hydrogen-bond acceptors (Lipinski definition) is 3. The quantitative estimate of drug-likeness (QED) is 0.820. The fourth-order valence-corrected chi connectivity index (χ4v) is 2.47. The lowest BCUT2D eigenvalue weighted by Crippen LogP contribution is -2.33. The van der Waals surface area contributed by atoms with Gasteiger partial charge in [0.05, 0.1) is 18.8 Å². The van der Waals surface area contributed by atoms with E-state index in [1.54, 1.807) is 24.3 Å². The Morgan fingerprint density at radius 1 is 1.32 bits per heavy atom. The van der Waals surface area contributed by atoms with Crippen molar-refractivity contribution < 1.29 is 9.53 Å². The van der Waals surface area contributed by atoms with E-state index in [9.17, 15) is 4.79 Å². The zero-order valence-electron chi connectivity index (χ0n) is 12.8. The molecule has 0 saturated heterocycles. The number of pyridine rings is 1. The topological polar surface area (TPSA) is 42.4 Å². The van der Waals surface area contributed by atoms with E-state index in [2.05, 4.69) is 4.98 Å². The second-order valence-electron chi connectivity index (χ2n) is 5.06. The zero-order valence-corrected chi connectivity index (χ0v) is 13.5. The number of methoxy groups -OCH3 is 1. The van der Waals surface area contributed by atoms with E-state index in [0.717, 1.165) is 11.3 Å². The average molecular weight is 319 g/mol. The largest absolute Gasteiger partial charge is 0.383 e. The van der Waals surface area contributed by atoms with Crippen molar-refractivity contribution in [3.63, 3.8) is 0 Å². The van der Waals surface area contributed by atoms with Gasteiger partial charge in [-0.1, -0.05) is 17.7 Å². The van der Waals surface area contributed by atoms with Crippen molar-refractivity contribution >= 4 is 17.5 Å². The van der Waals surface area contributed by atoms with Crippen molar-refractivity contribution in [3.8, 4) is 0 Å². The van der Waals surface area contributed by atoms with Gasteiger partial charge in [-0.25, -0.2) is 0 Å². The molecule has 1 amide bonds. The third-order valence-corrected chi connectivity index (χ3v) is 3.44. The van der Waals surface area contributed by atoms with Crippen molar-refractivity contribution in [1.82, 2.24) is 9.88 Å². The number of carbonyl (C=O) groups excluding carboxylic acids is 1. The van der Waals surface area contributed by atoms with Gasteiger partial charge in [-0.2, -0.15) is 0 Å². The number of hydrogen-bond donors (Lipinski definition) is 0. The number of nitrogens with zero attached hydrogens (tertiary/aromatic N) is 2. The van der Waals surface area contributed by atoms with Crippen LogP contribution in [0.5, 0.6) is 0 Å². The molecule has 0 bridgehead atoms. The number of amides is 1. The number of benzene rings is 1. The van der Waals surface area contributed by atoms with Gasteiger partial charge >= 0.3 is 0 Å². The van der Waals surface area contributed by atoms with Gasteiger partial charge in [-0.15, -0.1) is 0 Å². The Hall–Kier alpha value is -1.91. The second kappa shape index (κ2) is 7.92. The van der Waals surface area contributed by atoms with Crippen LogP contribution in [0, 0.1) is 6.92 Å². The Balaban J connectivity index is 2.21. The molecular weight excluding hydrogens is 300 g/mol. The highest BCUT2D eigenvalue weighted by molar-refractivity contribution is 6.31. The van der Waals surface area contributed by atoms with Crippen molar-refractivity contribution in [2.24, 2.45) is 0 Å². The van der Waals surface area contributed by atoms with Gasteiger partial charge in [0.25, 0.3) is 5.91 Å². The van der Waals surface area contributed by atoms with Crippen LogP contribution in [0.15, 0.2) is 42.6 Å². The normalized spacial score (nSPS) is 10.5. The highest BCUT2D eigenvalue weighted by atomic mass is 35.5. The lowest BCUT2D eigenvalue weighted by Gasteiger charge is -2.22. The van der Waals surface area contributed by atoms with Gasteiger partial charge in [0, 0.05) is 30.4 Å². The Morgan fingerprint density at radius 2 is 2.14 bits per heavy atom. The smallest absolute Gasteiger partial charge is 0.254 e. The van der Waals surface area contributed by atoms with E-state index in [-0.39, 0.29) is 5.91 Å². The minimum Gasteiger partial charge on any atom is -0.383 e. The minimum atomic E-state index is -0.0756. The molecule has 0 fully saturated rings. The van der Waals surface area contributed by atoms with Crippen molar-refractivity contribution in [3.05, 3.63) is 64.4 Å². The fourth-order valence-electron chi connectivity index (χ4n) is 2.18. The summed E-state index contributed by atoms with van der Waals surface area (Å²) >= 11 is 6.06. The van der Waals surface area contributed by atoms with E-state index in [4.69, 9.17) is 16.3 Å². The number of ether oxygens (including phenoxy) is 1. The van der Waals surface area contributed by atoms with Crippen LogP contribution in [0.25, 0.3) is 0 Å². The highest BCUT2D eigenvalue weighted by Gasteiger charge is 2.17. The maximum absolute atomic E-state index is 12.7. The van der Waals surface area contributed by atoms with Crippen LogP contribution in [-0.4, -0.2) is 36.1 Å². The summed E-state index contributed by atoms with van der Waals surface area (Å²) in [5.74, 6) is -0.0756. The van der Waals surface area contributed by atoms with Crippen molar-refractivity contribution in [2.75, 3.05) is 20.3 Å². The van der Waals surface area contributed by atoms with Gasteiger partial charge in [-0.3, -0.25) is 9.78 Å². The highest BCUT2D eigenvalue weighted by Crippen LogP contribution is 2.17. The lowest BCUT2D eigenvalue weighted by molar-refractivity contribution is 0.0678. The molecule has 22 heavy (non-hydrogen) atoms. The van der Waals surface area contributed by atoms with Gasteiger partial charge in [0.15, 0.2) is 0 Å². The summed E-state index contributed by atoms with van der Waals surface area (Å²) in [6, 6.07) is 11.0. The third kappa shape index (κ3) is 4.55. The lowest BCUT2D eigenvalue weighted by atomic mass is 10.1. The van der Waals surface area contributed by atoms with E-state index >= 15 is 0 Å². The first-order valence-electron chi connectivity index (χ1n) is 7.05. The Morgan fingerprint density at radius 3 is 2.77 bits per heavy atom. The number of halogens is 1. The van der Waals surface area contributed by atoms with Crippen LogP contribution >= 0.6 is 11.6 Å². The molecule has 0 aliphatic heterocycles. The van der Waals surface area contributed by atoms with Crippen molar-refractivity contribution in [2.45, 2.75) is 13.5 Å². The van der Waals surface area contributed by atoms with E-state index in [1.807, 2.05) is 37.3 Å². The maximum Gasteiger partial charge on any atom is 0.254 e. The van der Waals surface area contributed by atoms with E-state index < -0.39 is 0 Å². The molecule has 0 radical (unpaired) electrons. The first-order valence-corrected chi connectivity index (χ1v) is 7.43.